The minimum Gasteiger partial charge on any atom is -0.334 e. The number of aryl methyl sites for hydroxylation is 2. The van der Waals surface area contributed by atoms with Crippen molar-refractivity contribution < 1.29 is 8.91 Å². The topological polar surface area (TPSA) is 68.8 Å². The van der Waals surface area contributed by atoms with Crippen molar-refractivity contribution in [2.45, 2.75) is 33.2 Å². The predicted octanol–water partition coefficient (Wildman–Crippen LogP) is 2.83. The average Bonchev–Trinajstić information content (AvgIpc) is 3.13. The summed E-state index contributed by atoms with van der Waals surface area (Å²) in [4.78, 5) is 4.33. The van der Waals surface area contributed by atoms with E-state index in [0.29, 0.717) is 29.4 Å². The maximum Gasteiger partial charge on any atom is 0.258 e. The molecule has 2 aromatic heterocycles. The van der Waals surface area contributed by atoms with Crippen LogP contribution in [0.5, 0.6) is 0 Å². The molecule has 0 amide bonds. The number of nitrogens with zero attached hydrogens (tertiary/aromatic N) is 4. The van der Waals surface area contributed by atoms with E-state index in [4.69, 9.17) is 4.52 Å². The summed E-state index contributed by atoms with van der Waals surface area (Å²) in [5.41, 5.74) is 2.66. The monoisotopic (exact) mass is 329 g/mol. The third-order valence-electron chi connectivity index (χ3n) is 3.88. The molecule has 0 fully saturated rings. The fraction of sp³-hybridized carbons (Fsp3) is 0.353. The maximum atomic E-state index is 14.5. The molecule has 1 atom stereocenters. The number of likely N-dealkylation sites (N-methyl/N-ethyl adjacent to an activating group) is 1. The van der Waals surface area contributed by atoms with Crippen molar-refractivity contribution in [3.8, 4) is 17.1 Å². The fourth-order valence-electron chi connectivity index (χ4n) is 2.51. The molecule has 0 spiro atoms. The van der Waals surface area contributed by atoms with Crippen molar-refractivity contribution in [3.63, 3.8) is 0 Å². The van der Waals surface area contributed by atoms with Crippen LogP contribution in [0.15, 0.2) is 28.8 Å². The summed E-state index contributed by atoms with van der Waals surface area (Å²) >= 11 is 0. The van der Waals surface area contributed by atoms with E-state index in [1.807, 2.05) is 33.9 Å². The molecule has 126 valence electrons. The Balaban J connectivity index is 1.89. The van der Waals surface area contributed by atoms with Crippen LogP contribution in [0, 0.1) is 19.7 Å². The van der Waals surface area contributed by atoms with Gasteiger partial charge in [-0.25, -0.2) is 9.07 Å². The molecule has 0 radical (unpaired) electrons. The normalized spacial score (nSPS) is 12.5. The lowest BCUT2D eigenvalue weighted by molar-refractivity contribution is 0.418. The van der Waals surface area contributed by atoms with Gasteiger partial charge in [0, 0.05) is 23.7 Å². The van der Waals surface area contributed by atoms with Crippen molar-refractivity contribution in [3.05, 3.63) is 47.3 Å². The van der Waals surface area contributed by atoms with Crippen molar-refractivity contribution in [2.75, 3.05) is 7.05 Å². The number of aromatic nitrogens is 4. The number of hydrogen-bond acceptors (Lipinski definition) is 5. The average molecular weight is 329 g/mol. The molecule has 24 heavy (non-hydrogen) atoms. The molecule has 7 heteroatoms. The number of nitrogens with one attached hydrogen (secondary N) is 1. The van der Waals surface area contributed by atoms with Crippen molar-refractivity contribution >= 4 is 0 Å². The molecule has 0 aliphatic carbocycles. The molecule has 0 aliphatic heterocycles. The van der Waals surface area contributed by atoms with Crippen LogP contribution in [0.4, 0.5) is 4.39 Å². The molecule has 1 aromatic carbocycles. The Morgan fingerprint density at radius 2 is 2.08 bits per heavy atom. The van der Waals surface area contributed by atoms with Crippen LogP contribution in [0.3, 0.4) is 0 Å². The first-order valence-electron chi connectivity index (χ1n) is 7.81. The van der Waals surface area contributed by atoms with Gasteiger partial charge >= 0.3 is 0 Å². The van der Waals surface area contributed by atoms with E-state index in [0.717, 1.165) is 11.4 Å². The van der Waals surface area contributed by atoms with E-state index in [1.54, 1.807) is 16.8 Å². The molecule has 3 aromatic rings. The van der Waals surface area contributed by atoms with Gasteiger partial charge in [0.2, 0.25) is 0 Å². The molecule has 0 saturated heterocycles. The first-order valence-corrected chi connectivity index (χ1v) is 7.81. The van der Waals surface area contributed by atoms with Gasteiger partial charge in [-0.05, 0) is 52.1 Å². The van der Waals surface area contributed by atoms with Gasteiger partial charge in [0.1, 0.15) is 11.5 Å². The smallest absolute Gasteiger partial charge is 0.258 e. The third-order valence-corrected chi connectivity index (χ3v) is 3.88. The van der Waals surface area contributed by atoms with Gasteiger partial charge in [-0.1, -0.05) is 5.16 Å². The lowest BCUT2D eigenvalue weighted by atomic mass is 10.2. The van der Waals surface area contributed by atoms with E-state index in [-0.39, 0.29) is 11.9 Å². The highest BCUT2D eigenvalue weighted by Gasteiger charge is 2.15. The Hall–Kier alpha value is -2.54. The first-order chi connectivity index (χ1) is 11.5. The predicted molar refractivity (Wildman–Crippen MR) is 88.5 cm³/mol. The van der Waals surface area contributed by atoms with Crippen molar-refractivity contribution in [1.82, 2.24) is 25.2 Å². The summed E-state index contributed by atoms with van der Waals surface area (Å²) in [7, 11) is 1.87. The van der Waals surface area contributed by atoms with Gasteiger partial charge < -0.3 is 9.84 Å². The zero-order chi connectivity index (χ0) is 17.3. The molecule has 0 bridgehead atoms. The SMILES string of the molecule is CNC(C)Cc1noc(-c2ccc(-n3nc(C)cc3C)c(F)c2)n1. The number of halogens is 1. The second kappa shape index (κ2) is 6.52. The Kier molecular flexibility index (Phi) is 4.44. The Labute approximate surface area is 139 Å². The maximum absolute atomic E-state index is 14.5. The van der Waals surface area contributed by atoms with Gasteiger partial charge in [0.05, 0.1) is 5.69 Å². The summed E-state index contributed by atoms with van der Waals surface area (Å²) in [5.74, 6) is 0.518. The molecular weight excluding hydrogens is 309 g/mol. The van der Waals surface area contributed by atoms with Crippen LogP contribution in [0.1, 0.15) is 24.1 Å². The van der Waals surface area contributed by atoms with Crippen LogP contribution in [-0.4, -0.2) is 33.0 Å². The summed E-state index contributed by atoms with van der Waals surface area (Å²) in [5, 5.41) is 11.4. The standard InChI is InChI=1S/C17H20FN5O/c1-10(19-4)8-16-20-17(24-22-16)13-5-6-15(14(18)9-13)23-12(3)7-11(2)21-23/h5-7,9-10,19H,8H2,1-4H3. The van der Waals surface area contributed by atoms with E-state index in [1.165, 1.54) is 6.07 Å². The number of rotatable bonds is 5. The quantitative estimate of drug-likeness (QED) is 0.779. The van der Waals surface area contributed by atoms with Crippen molar-refractivity contribution in [1.29, 1.82) is 0 Å². The molecule has 0 saturated carbocycles. The Morgan fingerprint density at radius 3 is 2.71 bits per heavy atom. The summed E-state index contributed by atoms with van der Waals surface area (Å²) in [6, 6.07) is 6.96. The molecule has 1 unspecified atom stereocenters. The van der Waals surface area contributed by atoms with Crippen LogP contribution in [0.25, 0.3) is 17.1 Å². The van der Waals surface area contributed by atoms with Gasteiger partial charge in [0.15, 0.2) is 5.82 Å². The third kappa shape index (κ3) is 3.21. The molecule has 3 rings (SSSR count). The lowest BCUT2D eigenvalue weighted by Gasteiger charge is -2.06. The van der Waals surface area contributed by atoms with Crippen LogP contribution < -0.4 is 5.32 Å². The molecule has 1 N–H and O–H groups in total. The molecular formula is C17H20FN5O. The summed E-state index contributed by atoms with van der Waals surface area (Å²) < 4.78 is 21.4. The van der Waals surface area contributed by atoms with Crippen molar-refractivity contribution in [2.24, 2.45) is 0 Å². The van der Waals surface area contributed by atoms with Gasteiger partial charge in [-0.3, -0.25) is 0 Å². The zero-order valence-electron chi connectivity index (χ0n) is 14.2. The first kappa shape index (κ1) is 16.3. The summed E-state index contributed by atoms with van der Waals surface area (Å²) in [6.07, 6.45) is 0.645. The highest BCUT2D eigenvalue weighted by atomic mass is 19.1. The molecule has 2 heterocycles. The highest BCUT2D eigenvalue weighted by molar-refractivity contribution is 5.56. The van der Waals surface area contributed by atoms with E-state index >= 15 is 0 Å². The zero-order valence-corrected chi connectivity index (χ0v) is 14.2. The van der Waals surface area contributed by atoms with Gasteiger partial charge in [-0.2, -0.15) is 10.1 Å². The molecule has 6 nitrogen and oxygen atoms in total. The van der Waals surface area contributed by atoms with E-state index in [9.17, 15) is 4.39 Å². The second-order valence-electron chi connectivity index (χ2n) is 5.91. The fourth-order valence-corrected chi connectivity index (χ4v) is 2.51. The van der Waals surface area contributed by atoms with Crippen LogP contribution in [-0.2, 0) is 6.42 Å². The second-order valence-corrected chi connectivity index (χ2v) is 5.91. The minimum absolute atomic E-state index is 0.237. The van der Waals surface area contributed by atoms with E-state index in [2.05, 4.69) is 20.6 Å². The Bertz CT molecular complexity index is 855. The van der Waals surface area contributed by atoms with E-state index < -0.39 is 0 Å². The number of benzene rings is 1. The van der Waals surface area contributed by atoms with Gasteiger partial charge in [0.25, 0.3) is 5.89 Å². The van der Waals surface area contributed by atoms with Crippen LogP contribution >= 0.6 is 0 Å². The Morgan fingerprint density at radius 1 is 1.29 bits per heavy atom. The molecule has 0 aliphatic rings. The van der Waals surface area contributed by atoms with Gasteiger partial charge in [-0.15, -0.1) is 0 Å². The lowest BCUT2D eigenvalue weighted by Crippen LogP contribution is -2.24. The minimum atomic E-state index is -0.387. The van der Waals surface area contributed by atoms with Crippen LogP contribution in [0.2, 0.25) is 0 Å². The summed E-state index contributed by atoms with van der Waals surface area (Å²) in [6.45, 7) is 5.79. The number of hydrogen-bond donors (Lipinski definition) is 1. The highest BCUT2D eigenvalue weighted by Crippen LogP contribution is 2.23. The largest absolute Gasteiger partial charge is 0.334 e.